The van der Waals surface area contributed by atoms with Crippen molar-refractivity contribution in [3.63, 3.8) is 0 Å². The van der Waals surface area contributed by atoms with E-state index in [4.69, 9.17) is 9.47 Å². The number of methoxy groups -OCH3 is 1. The van der Waals surface area contributed by atoms with Gasteiger partial charge in [0.1, 0.15) is 5.76 Å². The highest BCUT2D eigenvalue weighted by Gasteiger charge is 2.45. The number of ether oxygens (including phenoxy) is 2. The molecule has 1 atom stereocenters. The van der Waals surface area contributed by atoms with Gasteiger partial charge in [0, 0.05) is 13.5 Å². The van der Waals surface area contributed by atoms with E-state index in [0.29, 0.717) is 0 Å². The van der Waals surface area contributed by atoms with E-state index in [1.165, 1.54) is 0 Å². The number of nitrogens with zero attached hydrogens (tertiary/aromatic N) is 3. The van der Waals surface area contributed by atoms with Crippen molar-refractivity contribution < 1.29 is 9.47 Å². The molecule has 1 aliphatic rings. The van der Waals surface area contributed by atoms with Crippen LogP contribution >= 0.6 is 0 Å². The molecule has 0 saturated heterocycles. The van der Waals surface area contributed by atoms with Crippen molar-refractivity contribution in [1.29, 1.82) is 0 Å². The van der Waals surface area contributed by atoms with Crippen LogP contribution in [0.4, 0.5) is 0 Å². The lowest BCUT2D eigenvalue weighted by molar-refractivity contribution is -0.172. The van der Waals surface area contributed by atoms with Crippen LogP contribution < -0.4 is 0 Å². The summed E-state index contributed by atoms with van der Waals surface area (Å²) in [7, 11) is 14.0. The summed E-state index contributed by atoms with van der Waals surface area (Å²) in [6.07, 6.45) is 3.90. The van der Waals surface area contributed by atoms with Crippen molar-refractivity contribution in [3.8, 4) is 0 Å². The molecule has 0 bridgehead atoms. The van der Waals surface area contributed by atoms with Crippen LogP contribution in [0.2, 0.25) is 0 Å². The van der Waals surface area contributed by atoms with E-state index in [-0.39, 0.29) is 6.29 Å². The molecule has 0 fully saturated rings. The van der Waals surface area contributed by atoms with E-state index in [2.05, 4.69) is 63.1 Å². The fourth-order valence-electron chi connectivity index (χ4n) is 2.84. The molecular formula is C13H27N3O2. The first-order valence-electron chi connectivity index (χ1n) is 6.29. The Morgan fingerprint density at radius 2 is 1.61 bits per heavy atom. The third-order valence-corrected chi connectivity index (χ3v) is 3.45. The molecule has 5 nitrogen and oxygen atoms in total. The number of hydrogen-bond donors (Lipinski definition) is 0. The molecule has 0 radical (unpaired) electrons. The topological polar surface area (TPSA) is 28.2 Å². The SMILES string of the molecule is COC1CCC=C(C(N(C)C)(N(C)C)N(C)C)O1. The van der Waals surface area contributed by atoms with Crippen LogP contribution in [-0.2, 0) is 9.47 Å². The second-order valence-electron chi connectivity index (χ2n) is 5.25. The summed E-state index contributed by atoms with van der Waals surface area (Å²) in [4.78, 5) is 6.45. The molecule has 18 heavy (non-hydrogen) atoms. The molecule has 1 unspecified atom stereocenters. The Morgan fingerprint density at radius 1 is 1.11 bits per heavy atom. The lowest BCUT2D eigenvalue weighted by Gasteiger charge is -2.51. The van der Waals surface area contributed by atoms with Gasteiger partial charge in [-0.3, -0.25) is 14.7 Å². The van der Waals surface area contributed by atoms with Gasteiger partial charge < -0.3 is 9.47 Å². The molecule has 5 heteroatoms. The van der Waals surface area contributed by atoms with Crippen LogP contribution in [0.5, 0.6) is 0 Å². The number of allylic oxidation sites excluding steroid dienone is 1. The summed E-state index contributed by atoms with van der Waals surface area (Å²) in [5, 5.41) is 0. The fourth-order valence-corrected chi connectivity index (χ4v) is 2.84. The van der Waals surface area contributed by atoms with Crippen LogP contribution in [-0.4, -0.2) is 76.2 Å². The molecule has 1 rings (SSSR count). The fraction of sp³-hybridized carbons (Fsp3) is 0.846. The van der Waals surface area contributed by atoms with E-state index >= 15 is 0 Å². The van der Waals surface area contributed by atoms with Gasteiger partial charge in [0.25, 0.3) is 0 Å². The van der Waals surface area contributed by atoms with Crippen molar-refractivity contribution >= 4 is 0 Å². The highest BCUT2D eigenvalue weighted by Crippen LogP contribution is 2.33. The maximum atomic E-state index is 6.00. The first kappa shape index (κ1) is 15.4. The maximum Gasteiger partial charge on any atom is 0.199 e. The van der Waals surface area contributed by atoms with E-state index in [1.54, 1.807) is 7.11 Å². The van der Waals surface area contributed by atoms with Crippen molar-refractivity contribution in [3.05, 3.63) is 11.8 Å². The van der Waals surface area contributed by atoms with Gasteiger partial charge in [0.2, 0.25) is 0 Å². The van der Waals surface area contributed by atoms with E-state index in [0.717, 1.165) is 18.6 Å². The van der Waals surface area contributed by atoms with Gasteiger partial charge >= 0.3 is 0 Å². The minimum Gasteiger partial charge on any atom is -0.465 e. The Balaban J connectivity index is 3.14. The molecule has 1 heterocycles. The third-order valence-electron chi connectivity index (χ3n) is 3.45. The summed E-state index contributed by atoms with van der Waals surface area (Å²) in [6, 6.07) is 0. The van der Waals surface area contributed by atoms with Gasteiger partial charge in [-0.05, 0) is 54.8 Å². The smallest absolute Gasteiger partial charge is 0.199 e. The van der Waals surface area contributed by atoms with Gasteiger partial charge in [-0.15, -0.1) is 0 Å². The summed E-state index contributed by atoms with van der Waals surface area (Å²) < 4.78 is 11.3. The molecule has 0 aliphatic carbocycles. The van der Waals surface area contributed by atoms with Gasteiger partial charge in [-0.1, -0.05) is 0 Å². The standard InChI is InChI=1S/C13H27N3O2/c1-14(2)13(15(3)4,16(5)6)11-9-8-10-12(17-7)18-11/h9,12H,8,10H2,1-7H3. The second-order valence-corrected chi connectivity index (χ2v) is 5.25. The molecule has 0 spiro atoms. The zero-order valence-electron chi connectivity index (χ0n) is 12.7. The quantitative estimate of drug-likeness (QED) is 0.685. The predicted octanol–water partition coefficient (Wildman–Crippen LogP) is 0.992. The van der Waals surface area contributed by atoms with Gasteiger partial charge in [-0.2, -0.15) is 0 Å². The van der Waals surface area contributed by atoms with Crippen LogP contribution in [0.25, 0.3) is 0 Å². The zero-order chi connectivity index (χ0) is 13.9. The monoisotopic (exact) mass is 257 g/mol. The van der Waals surface area contributed by atoms with Crippen molar-refractivity contribution in [2.45, 2.75) is 24.9 Å². The predicted molar refractivity (Wildman–Crippen MR) is 73.0 cm³/mol. The molecule has 0 amide bonds. The summed E-state index contributed by atoms with van der Waals surface area (Å²) in [5.41, 5.74) is 0. The first-order chi connectivity index (χ1) is 8.37. The highest BCUT2D eigenvalue weighted by atomic mass is 16.7. The minimum atomic E-state index is -0.392. The average Bonchev–Trinajstić information content (AvgIpc) is 2.28. The highest BCUT2D eigenvalue weighted by molar-refractivity contribution is 5.14. The van der Waals surface area contributed by atoms with Gasteiger partial charge in [0.05, 0.1) is 0 Å². The van der Waals surface area contributed by atoms with Crippen molar-refractivity contribution in [2.24, 2.45) is 0 Å². The van der Waals surface area contributed by atoms with Gasteiger partial charge in [0.15, 0.2) is 12.1 Å². The summed E-state index contributed by atoms with van der Waals surface area (Å²) >= 11 is 0. The zero-order valence-corrected chi connectivity index (χ0v) is 12.7. The normalized spacial score (nSPS) is 21.4. The Kier molecular flexibility index (Phi) is 5.16. The molecule has 0 saturated carbocycles. The van der Waals surface area contributed by atoms with E-state index in [1.807, 2.05) is 0 Å². The number of rotatable bonds is 5. The van der Waals surface area contributed by atoms with Crippen molar-refractivity contribution in [1.82, 2.24) is 14.7 Å². The van der Waals surface area contributed by atoms with Crippen molar-refractivity contribution in [2.75, 3.05) is 49.4 Å². The van der Waals surface area contributed by atoms with Crippen LogP contribution in [0.3, 0.4) is 0 Å². The lowest BCUT2D eigenvalue weighted by Crippen LogP contribution is -2.66. The van der Waals surface area contributed by atoms with E-state index in [9.17, 15) is 0 Å². The Labute approximate surface area is 111 Å². The number of hydrogen-bond acceptors (Lipinski definition) is 5. The van der Waals surface area contributed by atoms with Crippen LogP contribution in [0, 0.1) is 0 Å². The molecule has 0 aromatic rings. The Morgan fingerprint density at radius 3 is 2.00 bits per heavy atom. The average molecular weight is 257 g/mol. The molecular weight excluding hydrogens is 230 g/mol. The summed E-state index contributed by atoms with van der Waals surface area (Å²) in [5.74, 6) is 0.539. The molecule has 0 aromatic carbocycles. The van der Waals surface area contributed by atoms with E-state index < -0.39 is 5.79 Å². The van der Waals surface area contributed by atoms with Gasteiger partial charge in [-0.25, -0.2) is 0 Å². The maximum absolute atomic E-state index is 6.00. The second kappa shape index (κ2) is 6.02. The summed E-state index contributed by atoms with van der Waals surface area (Å²) in [6.45, 7) is 0. The lowest BCUT2D eigenvalue weighted by atomic mass is 10.1. The Bertz CT molecular complexity index is 279. The molecule has 106 valence electrons. The first-order valence-corrected chi connectivity index (χ1v) is 6.29. The Hall–Kier alpha value is -0.620. The molecule has 0 aromatic heterocycles. The third kappa shape index (κ3) is 2.54. The molecule has 0 N–H and O–H groups in total. The largest absolute Gasteiger partial charge is 0.465 e. The number of likely N-dealkylation sites (N-methyl/N-ethyl adjacent to an activating group) is 3. The molecule has 1 aliphatic heterocycles. The van der Waals surface area contributed by atoms with Crippen LogP contribution in [0.1, 0.15) is 12.8 Å². The van der Waals surface area contributed by atoms with Crippen LogP contribution in [0.15, 0.2) is 11.8 Å². The minimum absolute atomic E-state index is 0.149.